The van der Waals surface area contributed by atoms with Crippen LogP contribution in [-0.4, -0.2) is 24.9 Å². The molecule has 32 heavy (non-hydrogen) atoms. The minimum absolute atomic E-state index is 0.457. The fourth-order valence-corrected chi connectivity index (χ4v) is 4.69. The number of allylic oxidation sites excluding steroid dienone is 2. The lowest BCUT2D eigenvalue weighted by Crippen LogP contribution is -2.37. The number of hydrogen-bond acceptors (Lipinski definition) is 6. The van der Waals surface area contributed by atoms with Crippen molar-refractivity contribution >= 4 is 11.8 Å². The van der Waals surface area contributed by atoms with Crippen molar-refractivity contribution in [3.8, 4) is 23.3 Å². The van der Waals surface area contributed by atoms with Crippen LogP contribution in [-0.2, 0) is 0 Å². The van der Waals surface area contributed by atoms with Gasteiger partial charge in [0.25, 0.3) is 0 Å². The monoisotopic (exact) mass is 426 g/mol. The zero-order valence-corrected chi connectivity index (χ0v) is 18.2. The van der Waals surface area contributed by atoms with Gasteiger partial charge in [-0.3, -0.25) is 5.01 Å². The summed E-state index contributed by atoms with van der Waals surface area (Å²) in [6, 6.07) is 18.0. The van der Waals surface area contributed by atoms with Crippen LogP contribution in [0, 0.1) is 17.2 Å². The highest BCUT2D eigenvalue weighted by molar-refractivity contribution is 6.12. The van der Waals surface area contributed by atoms with E-state index < -0.39 is 0 Å². The molecule has 0 amide bonds. The maximum Gasteiger partial charge on any atom is 0.162 e. The number of nitriles is 1. The second-order valence-electron chi connectivity index (χ2n) is 8.28. The largest absolute Gasteiger partial charge is 0.497 e. The summed E-state index contributed by atoms with van der Waals surface area (Å²) in [5.74, 6) is 3.46. The molecule has 1 aliphatic carbocycles. The van der Waals surface area contributed by atoms with Gasteiger partial charge in [0.15, 0.2) is 5.82 Å². The Morgan fingerprint density at radius 3 is 2.56 bits per heavy atom. The standard InChI is InChI=1S/C26H26N4O2/c1-31-22-8-5-9-23(14-22)32-21-12-10-18(11-13-21)24-17-28-26-20(15-27)16-29-30(26)25(24)19-6-3-2-4-7-19/h5,8-14,17,19,29H,2-4,6-7,16H2,1H3. The van der Waals surface area contributed by atoms with Crippen LogP contribution in [0.3, 0.4) is 0 Å². The van der Waals surface area contributed by atoms with Crippen molar-refractivity contribution in [2.24, 2.45) is 10.9 Å². The Morgan fingerprint density at radius 1 is 1.03 bits per heavy atom. The van der Waals surface area contributed by atoms with Crippen LogP contribution in [0.15, 0.2) is 70.6 Å². The van der Waals surface area contributed by atoms with Gasteiger partial charge in [-0.2, -0.15) is 5.26 Å². The molecular weight excluding hydrogens is 400 g/mol. The number of nitrogens with zero attached hydrogens (tertiary/aromatic N) is 3. The van der Waals surface area contributed by atoms with E-state index >= 15 is 0 Å². The molecule has 6 heteroatoms. The molecule has 0 aromatic heterocycles. The predicted octanol–water partition coefficient (Wildman–Crippen LogP) is 5.42. The Kier molecular flexibility index (Phi) is 5.66. The highest BCUT2D eigenvalue weighted by atomic mass is 16.5. The number of rotatable bonds is 5. The van der Waals surface area contributed by atoms with Gasteiger partial charge in [-0.1, -0.05) is 37.5 Å². The molecule has 6 nitrogen and oxygen atoms in total. The summed E-state index contributed by atoms with van der Waals surface area (Å²) in [4.78, 5) is 4.65. The zero-order valence-electron chi connectivity index (χ0n) is 18.2. The highest BCUT2D eigenvalue weighted by Gasteiger charge is 2.34. The first-order valence-electron chi connectivity index (χ1n) is 11.1. The van der Waals surface area contributed by atoms with Crippen molar-refractivity contribution < 1.29 is 9.47 Å². The summed E-state index contributed by atoms with van der Waals surface area (Å²) >= 11 is 0. The topological polar surface area (TPSA) is 69.9 Å². The first-order valence-corrected chi connectivity index (χ1v) is 11.1. The van der Waals surface area contributed by atoms with Crippen molar-refractivity contribution in [1.82, 2.24) is 10.4 Å². The fraction of sp³-hybridized carbons (Fsp3) is 0.308. The number of hydrogen-bond donors (Lipinski definition) is 1. The lowest BCUT2D eigenvalue weighted by Gasteiger charge is -2.35. The van der Waals surface area contributed by atoms with Crippen molar-refractivity contribution in [2.75, 3.05) is 13.7 Å². The van der Waals surface area contributed by atoms with E-state index in [4.69, 9.17) is 9.47 Å². The van der Waals surface area contributed by atoms with E-state index in [2.05, 4.69) is 33.6 Å². The quantitative estimate of drug-likeness (QED) is 0.691. The second kappa shape index (κ2) is 8.89. The molecule has 0 atom stereocenters. The second-order valence-corrected chi connectivity index (χ2v) is 8.28. The Labute approximate surface area is 188 Å². The number of nitrogens with one attached hydrogen (secondary N) is 1. The van der Waals surface area contributed by atoms with Crippen LogP contribution in [0.2, 0.25) is 0 Å². The van der Waals surface area contributed by atoms with Crippen LogP contribution in [0.4, 0.5) is 0 Å². The highest BCUT2D eigenvalue weighted by Crippen LogP contribution is 2.40. The zero-order chi connectivity index (χ0) is 21.9. The van der Waals surface area contributed by atoms with E-state index in [1.54, 1.807) is 7.11 Å². The molecule has 162 valence electrons. The Hall–Kier alpha value is -3.56. The SMILES string of the molecule is COc1cccc(Oc2ccc(C3=C(C4CCCCC4)N4NCC(C#N)=C4N=C3)cc2)c1. The molecule has 2 aliphatic heterocycles. The summed E-state index contributed by atoms with van der Waals surface area (Å²) in [6.45, 7) is 0.528. The van der Waals surface area contributed by atoms with E-state index in [1.807, 2.05) is 42.6 Å². The molecule has 0 saturated heterocycles. The van der Waals surface area contributed by atoms with Crippen LogP contribution in [0.1, 0.15) is 37.7 Å². The van der Waals surface area contributed by atoms with Gasteiger partial charge in [-0.25, -0.2) is 10.4 Å². The molecule has 1 N–H and O–H groups in total. The van der Waals surface area contributed by atoms with E-state index in [0.29, 0.717) is 18.0 Å². The molecule has 1 fully saturated rings. The first kappa shape index (κ1) is 20.3. The lowest BCUT2D eigenvalue weighted by atomic mass is 9.83. The van der Waals surface area contributed by atoms with Gasteiger partial charge in [0.05, 0.1) is 19.2 Å². The maximum atomic E-state index is 9.48. The molecular formula is C26H26N4O2. The molecule has 0 bridgehead atoms. The molecule has 0 radical (unpaired) electrons. The molecule has 0 unspecified atom stereocenters. The summed E-state index contributed by atoms with van der Waals surface area (Å²) in [7, 11) is 1.65. The molecule has 5 rings (SSSR count). The van der Waals surface area contributed by atoms with Gasteiger partial charge in [0.2, 0.25) is 0 Å². The number of benzene rings is 2. The number of aliphatic imine (C=N–C) groups is 1. The normalized spacial score (nSPS) is 18.6. The smallest absolute Gasteiger partial charge is 0.162 e. The predicted molar refractivity (Wildman–Crippen MR) is 124 cm³/mol. The van der Waals surface area contributed by atoms with Gasteiger partial charge in [-0.05, 0) is 42.7 Å². The maximum absolute atomic E-state index is 9.48. The number of fused-ring (bicyclic) bond motifs is 1. The van der Waals surface area contributed by atoms with Gasteiger partial charge < -0.3 is 9.47 Å². The Bertz CT molecular complexity index is 1140. The lowest BCUT2D eigenvalue weighted by molar-refractivity contribution is 0.271. The van der Waals surface area contributed by atoms with E-state index in [1.165, 1.54) is 25.0 Å². The third-order valence-corrected chi connectivity index (χ3v) is 6.30. The van der Waals surface area contributed by atoms with Crippen LogP contribution in [0.5, 0.6) is 17.2 Å². The van der Waals surface area contributed by atoms with Gasteiger partial charge >= 0.3 is 0 Å². The molecule has 2 aromatic carbocycles. The Balaban J connectivity index is 1.46. The number of hydrazine groups is 1. The van der Waals surface area contributed by atoms with Crippen molar-refractivity contribution in [1.29, 1.82) is 5.26 Å². The summed E-state index contributed by atoms with van der Waals surface area (Å²) in [5, 5.41) is 11.5. The average Bonchev–Trinajstić information content (AvgIpc) is 3.28. The first-order chi connectivity index (χ1) is 15.8. The van der Waals surface area contributed by atoms with E-state index in [-0.39, 0.29) is 0 Å². The van der Waals surface area contributed by atoms with Crippen molar-refractivity contribution in [3.63, 3.8) is 0 Å². The van der Waals surface area contributed by atoms with Crippen LogP contribution < -0.4 is 14.9 Å². The molecule has 2 heterocycles. The van der Waals surface area contributed by atoms with Gasteiger partial charge in [-0.15, -0.1) is 0 Å². The Morgan fingerprint density at radius 2 is 1.81 bits per heavy atom. The van der Waals surface area contributed by atoms with Gasteiger partial charge in [0.1, 0.15) is 23.3 Å². The molecule has 0 spiro atoms. The van der Waals surface area contributed by atoms with E-state index in [9.17, 15) is 5.26 Å². The number of methoxy groups -OCH3 is 1. The molecule has 2 aromatic rings. The number of ether oxygens (including phenoxy) is 2. The van der Waals surface area contributed by atoms with Crippen LogP contribution >= 0.6 is 0 Å². The van der Waals surface area contributed by atoms with Crippen LogP contribution in [0.25, 0.3) is 5.57 Å². The minimum Gasteiger partial charge on any atom is -0.497 e. The summed E-state index contributed by atoms with van der Waals surface area (Å²) in [5.41, 5.74) is 7.53. The summed E-state index contributed by atoms with van der Waals surface area (Å²) in [6.07, 6.45) is 8.03. The molecule has 3 aliphatic rings. The average molecular weight is 427 g/mol. The third kappa shape index (κ3) is 3.88. The van der Waals surface area contributed by atoms with Crippen molar-refractivity contribution in [2.45, 2.75) is 32.1 Å². The van der Waals surface area contributed by atoms with Gasteiger partial charge in [0, 0.05) is 29.5 Å². The fourth-order valence-electron chi connectivity index (χ4n) is 4.69. The van der Waals surface area contributed by atoms with Crippen molar-refractivity contribution in [3.05, 3.63) is 71.2 Å². The summed E-state index contributed by atoms with van der Waals surface area (Å²) < 4.78 is 11.3. The van der Waals surface area contributed by atoms with E-state index in [0.717, 1.165) is 47.0 Å². The minimum atomic E-state index is 0.457. The molecule has 1 saturated carbocycles. The third-order valence-electron chi connectivity index (χ3n) is 6.30.